The average molecular weight is 309 g/mol. The van der Waals surface area contributed by atoms with Crippen LogP contribution in [0.3, 0.4) is 0 Å². The molecule has 19 heavy (non-hydrogen) atoms. The number of primary amides is 1. The third kappa shape index (κ3) is 2.67. The van der Waals surface area contributed by atoms with Crippen molar-refractivity contribution in [2.75, 3.05) is 0 Å². The highest BCUT2D eigenvalue weighted by atomic mass is 32.2. The Morgan fingerprint density at radius 1 is 1.47 bits per heavy atom. The summed E-state index contributed by atoms with van der Waals surface area (Å²) in [6.45, 7) is 0. The summed E-state index contributed by atoms with van der Waals surface area (Å²) < 4.78 is 0.686. The average Bonchev–Trinajstić information content (AvgIpc) is 3.09. The number of aromatic amines is 1. The van der Waals surface area contributed by atoms with Crippen molar-refractivity contribution in [2.24, 2.45) is 5.73 Å². The number of carbonyl (C=O) groups is 1. The molecule has 0 bridgehead atoms. The van der Waals surface area contributed by atoms with E-state index in [1.54, 1.807) is 11.3 Å². The number of nitrogens with two attached hydrogens (primary N) is 1. The molecule has 0 aliphatic rings. The highest BCUT2D eigenvalue weighted by Crippen LogP contribution is 2.30. The minimum Gasteiger partial charge on any atom is -0.365 e. The predicted molar refractivity (Wildman–Crippen MR) is 74.5 cm³/mol. The molecule has 1 amide bonds. The molecule has 96 valence electrons. The Morgan fingerprint density at radius 2 is 2.37 bits per heavy atom. The SMILES string of the molecule is NC(=O)c1cnc(Sc2n[nH]c(-c3cccs3)n2)s1. The van der Waals surface area contributed by atoms with E-state index in [0.717, 1.165) is 10.7 Å². The molecule has 0 aliphatic heterocycles. The van der Waals surface area contributed by atoms with Crippen LogP contribution in [0, 0.1) is 0 Å². The van der Waals surface area contributed by atoms with E-state index in [2.05, 4.69) is 20.2 Å². The van der Waals surface area contributed by atoms with Crippen molar-refractivity contribution in [3.8, 4) is 10.7 Å². The molecule has 0 aliphatic carbocycles. The van der Waals surface area contributed by atoms with Crippen molar-refractivity contribution in [1.82, 2.24) is 20.2 Å². The first-order valence-corrected chi connectivity index (χ1v) is 7.63. The summed E-state index contributed by atoms with van der Waals surface area (Å²) in [5, 5.41) is 9.52. The van der Waals surface area contributed by atoms with Gasteiger partial charge in [-0.3, -0.25) is 9.89 Å². The van der Waals surface area contributed by atoms with Gasteiger partial charge in [0, 0.05) is 0 Å². The smallest absolute Gasteiger partial charge is 0.260 e. The highest BCUT2D eigenvalue weighted by Gasteiger charge is 2.12. The maximum atomic E-state index is 11.0. The minimum absolute atomic E-state index is 0.427. The quantitative estimate of drug-likeness (QED) is 0.770. The van der Waals surface area contributed by atoms with Crippen molar-refractivity contribution in [3.63, 3.8) is 0 Å². The number of thiazole rings is 1. The fraction of sp³-hybridized carbons (Fsp3) is 0. The lowest BCUT2D eigenvalue weighted by atomic mass is 10.4. The predicted octanol–water partition coefficient (Wildman–Crippen LogP) is 2.24. The molecular formula is C10H7N5OS3. The van der Waals surface area contributed by atoms with Gasteiger partial charge >= 0.3 is 0 Å². The molecule has 0 atom stereocenters. The Labute approximate surface area is 120 Å². The third-order valence-electron chi connectivity index (χ3n) is 2.13. The summed E-state index contributed by atoms with van der Waals surface area (Å²) >= 11 is 4.11. The third-order valence-corrected chi connectivity index (χ3v) is 4.95. The summed E-state index contributed by atoms with van der Waals surface area (Å²) in [4.78, 5) is 20.9. The molecule has 3 aromatic heterocycles. The highest BCUT2D eigenvalue weighted by molar-refractivity contribution is 8.00. The molecule has 9 heteroatoms. The van der Waals surface area contributed by atoms with Crippen molar-refractivity contribution in [1.29, 1.82) is 0 Å². The lowest BCUT2D eigenvalue weighted by Gasteiger charge is -1.88. The van der Waals surface area contributed by atoms with E-state index in [4.69, 9.17) is 5.73 Å². The van der Waals surface area contributed by atoms with Crippen LogP contribution in [0.4, 0.5) is 0 Å². The van der Waals surface area contributed by atoms with Crippen LogP contribution in [-0.4, -0.2) is 26.1 Å². The number of amides is 1. The van der Waals surface area contributed by atoms with Gasteiger partial charge < -0.3 is 5.73 Å². The van der Waals surface area contributed by atoms with E-state index in [9.17, 15) is 4.79 Å². The molecule has 6 nitrogen and oxygen atoms in total. The fourth-order valence-corrected chi connectivity index (χ4v) is 3.63. The first-order valence-electron chi connectivity index (χ1n) is 5.12. The van der Waals surface area contributed by atoms with E-state index in [0.29, 0.717) is 14.4 Å². The normalized spacial score (nSPS) is 10.7. The van der Waals surface area contributed by atoms with Crippen LogP contribution in [0.2, 0.25) is 0 Å². The molecule has 0 fully saturated rings. The number of nitrogens with zero attached hydrogens (tertiary/aromatic N) is 3. The Kier molecular flexibility index (Phi) is 3.32. The number of carbonyl (C=O) groups excluding carboxylic acids is 1. The Morgan fingerprint density at radius 3 is 3.05 bits per heavy atom. The minimum atomic E-state index is -0.474. The second-order valence-corrected chi connectivity index (χ2v) is 6.59. The topological polar surface area (TPSA) is 97.5 Å². The van der Waals surface area contributed by atoms with E-state index >= 15 is 0 Å². The summed E-state index contributed by atoms with van der Waals surface area (Å²) in [5.41, 5.74) is 5.17. The van der Waals surface area contributed by atoms with Crippen LogP contribution in [-0.2, 0) is 0 Å². The van der Waals surface area contributed by atoms with Gasteiger partial charge in [-0.1, -0.05) is 6.07 Å². The lowest BCUT2D eigenvalue weighted by molar-refractivity contribution is 0.100. The van der Waals surface area contributed by atoms with E-state index in [-0.39, 0.29) is 0 Å². The van der Waals surface area contributed by atoms with Gasteiger partial charge in [-0.05, 0) is 23.2 Å². The second-order valence-electron chi connectivity index (χ2n) is 3.40. The second kappa shape index (κ2) is 5.11. The van der Waals surface area contributed by atoms with Crippen LogP contribution < -0.4 is 5.73 Å². The van der Waals surface area contributed by atoms with Crippen LogP contribution in [0.5, 0.6) is 0 Å². The first kappa shape index (κ1) is 12.3. The van der Waals surface area contributed by atoms with Crippen LogP contribution in [0.15, 0.2) is 33.2 Å². The largest absolute Gasteiger partial charge is 0.365 e. The maximum Gasteiger partial charge on any atom is 0.260 e. The summed E-state index contributed by atoms with van der Waals surface area (Å²) in [7, 11) is 0. The first-order chi connectivity index (χ1) is 9.22. The molecule has 3 aromatic rings. The van der Waals surface area contributed by atoms with Gasteiger partial charge in [0.05, 0.1) is 11.1 Å². The molecular weight excluding hydrogens is 302 g/mol. The van der Waals surface area contributed by atoms with Crippen LogP contribution >= 0.6 is 34.4 Å². The lowest BCUT2D eigenvalue weighted by Crippen LogP contribution is -2.08. The number of H-pyrrole nitrogens is 1. The molecule has 0 spiro atoms. The molecule has 0 aromatic carbocycles. The Bertz CT molecular complexity index is 702. The number of rotatable bonds is 4. The molecule has 3 heterocycles. The number of aromatic nitrogens is 4. The van der Waals surface area contributed by atoms with Crippen LogP contribution in [0.1, 0.15) is 9.67 Å². The molecule has 0 saturated carbocycles. The molecule has 3 rings (SSSR count). The Balaban J connectivity index is 1.78. The van der Waals surface area contributed by atoms with E-state index in [1.165, 1.54) is 29.3 Å². The maximum absolute atomic E-state index is 11.0. The molecule has 0 saturated heterocycles. The number of hydrogen-bond donors (Lipinski definition) is 2. The van der Waals surface area contributed by atoms with Crippen LogP contribution in [0.25, 0.3) is 10.7 Å². The summed E-state index contributed by atoms with van der Waals surface area (Å²) in [6.07, 6.45) is 1.46. The summed E-state index contributed by atoms with van der Waals surface area (Å²) in [6, 6.07) is 3.92. The molecule has 0 unspecified atom stereocenters. The van der Waals surface area contributed by atoms with Gasteiger partial charge in [0.25, 0.3) is 5.91 Å². The van der Waals surface area contributed by atoms with E-state index < -0.39 is 5.91 Å². The zero-order chi connectivity index (χ0) is 13.2. The monoisotopic (exact) mass is 309 g/mol. The number of hydrogen-bond acceptors (Lipinski definition) is 7. The Hall–Kier alpha value is -1.71. The zero-order valence-corrected chi connectivity index (χ0v) is 11.8. The number of thiophene rings is 1. The fourth-order valence-electron chi connectivity index (χ4n) is 1.31. The van der Waals surface area contributed by atoms with Crippen molar-refractivity contribution < 1.29 is 4.79 Å². The van der Waals surface area contributed by atoms with Gasteiger partial charge in [0.2, 0.25) is 5.16 Å². The summed E-state index contributed by atoms with van der Waals surface area (Å²) in [5.74, 6) is 0.253. The standard InChI is InChI=1S/C10H7N5OS3/c11-7(16)6-4-12-10(18-6)19-9-13-8(14-15-9)5-2-1-3-17-5/h1-4H,(H2,11,16)(H,13,14,15). The van der Waals surface area contributed by atoms with Crippen molar-refractivity contribution in [3.05, 3.63) is 28.6 Å². The number of nitrogens with one attached hydrogen (secondary N) is 1. The van der Waals surface area contributed by atoms with Gasteiger partial charge in [-0.2, -0.15) is 0 Å². The van der Waals surface area contributed by atoms with Gasteiger partial charge in [-0.25, -0.2) is 9.97 Å². The van der Waals surface area contributed by atoms with Crippen molar-refractivity contribution >= 4 is 40.3 Å². The van der Waals surface area contributed by atoms with Gasteiger partial charge in [0.15, 0.2) is 10.2 Å². The molecule has 3 N–H and O–H groups in total. The van der Waals surface area contributed by atoms with Crippen molar-refractivity contribution in [2.45, 2.75) is 9.50 Å². The van der Waals surface area contributed by atoms with Gasteiger partial charge in [0.1, 0.15) is 4.88 Å². The van der Waals surface area contributed by atoms with Gasteiger partial charge in [-0.15, -0.1) is 27.8 Å². The van der Waals surface area contributed by atoms with E-state index in [1.807, 2.05) is 17.5 Å². The molecule has 0 radical (unpaired) electrons. The zero-order valence-electron chi connectivity index (χ0n) is 9.36.